The van der Waals surface area contributed by atoms with E-state index in [9.17, 15) is 9.59 Å². The van der Waals surface area contributed by atoms with Crippen LogP contribution < -0.4 is 19.7 Å². The van der Waals surface area contributed by atoms with Crippen LogP contribution in [-0.4, -0.2) is 25.5 Å². The van der Waals surface area contributed by atoms with Gasteiger partial charge in [0.05, 0.1) is 25.9 Å². The monoisotopic (exact) mass is 396 g/mol. The third-order valence-electron chi connectivity index (χ3n) is 5.03. The quantitative estimate of drug-likeness (QED) is 0.687. The standard InChI is InChI=1S/C23H28N2O4/c1-5-6-12-29-19-11-10-17(13-20(19)28-4)14-25-22-15(2)8-7-9-18(22)21(23(25)27)24-16(3)26/h7-11,13,21H,5-6,12,14H2,1-4H3,(H,24,26)/t21-/m0/s1. The van der Waals surface area contributed by atoms with Crippen LogP contribution in [0.2, 0.25) is 0 Å². The number of methoxy groups -OCH3 is 1. The van der Waals surface area contributed by atoms with Gasteiger partial charge in [-0.15, -0.1) is 0 Å². The van der Waals surface area contributed by atoms with Crippen molar-refractivity contribution >= 4 is 17.5 Å². The summed E-state index contributed by atoms with van der Waals surface area (Å²) in [5.41, 5.74) is 3.61. The topological polar surface area (TPSA) is 67.9 Å². The third-order valence-corrected chi connectivity index (χ3v) is 5.03. The number of aryl methyl sites for hydroxylation is 1. The molecule has 1 atom stereocenters. The van der Waals surface area contributed by atoms with Crippen LogP contribution in [0.5, 0.6) is 11.5 Å². The van der Waals surface area contributed by atoms with Crippen LogP contribution in [0.15, 0.2) is 36.4 Å². The van der Waals surface area contributed by atoms with Crippen molar-refractivity contribution in [3.05, 3.63) is 53.1 Å². The Hall–Kier alpha value is -3.02. The molecule has 0 fully saturated rings. The van der Waals surface area contributed by atoms with Crippen molar-refractivity contribution in [1.29, 1.82) is 0 Å². The summed E-state index contributed by atoms with van der Waals surface area (Å²) in [6.07, 6.45) is 2.04. The second-order valence-electron chi connectivity index (χ2n) is 7.26. The number of ether oxygens (including phenoxy) is 2. The van der Waals surface area contributed by atoms with E-state index in [2.05, 4.69) is 12.2 Å². The van der Waals surface area contributed by atoms with Gasteiger partial charge in [-0.1, -0.05) is 37.6 Å². The molecule has 0 bridgehead atoms. The number of benzene rings is 2. The molecule has 6 heteroatoms. The minimum Gasteiger partial charge on any atom is -0.493 e. The van der Waals surface area contributed by atoms with Crippen LogP contribution in [0, 0.1) is 6.92 Å². The SMILES string of the molecule is CCCCOc1ccc(CN2C(=O)[C@@H](NC(C)=O)c3cccc(C)c32)cc1OC. The van der Waals surface area contributed by atoms with Crippen LogP contribution in [-0.2, 0) is 16.1 Å². The van der Waals surface area contributed by atoms with Gasteiger partial charge in [0.1, 0.15) is 6.04 Å². The molecular formula is C23H28N2O4. The summed E-state index contributed by atoms with van der Waals surface area (Å²) in [6.45, 7) is 6.54. The number of nitrogens with one attached hydrogen (secondary N) is 1. The maximum absolute atomic E-state index is 13.1. The van der Waals surface area contributed by atoms with E-state index in [0.717, 1.165) is 35.2 Å². The number of carbonyl (C=O) groups is 2. The van der Waals surface area contributed by atoms with Gasteiger partial charge in [0, 0.05) is 12.5 Å². The van der Waals surface area contributed by atoms with Crippen LogP contribution >= 0.6 is 0 Å². The van der Waals surface area contributed by atoms with Crippen molar-refractivity contribution in [3.63, 3.8) is 0 Å². The molecule has 2 aromatic rings. The molecule has 0 aliphatic carbocycles. The van der Waals surface area contributed by atoms with Gasteiger partial charge in [0.15, 0.2) is 11.5 Å². The second-order valence-corrected chi connectivity index (χ2v) is 7.26. The normalized spacial score (nSPS) is 15.2. The number of fused-ring (bicyclic) bond motifs is 1. The van der Waals surface area contributed by atoms with Crippen molar-refractivity contribution in [2.75, 3.05) is 18.6 Å². The molecule has 0 saturated carbocycles. The molecule has 6 nitrogen and oxygen atoms in total. The predicted molar refractivity (Wildman–Crippen MR) is 112 cm³/mol. The van der Waals surface area contributed by atoms with E-state index in [-0.39, 0.29) is 11.8 Å². The molecule has 0 aromatic heterocycles. The molecule has 0 spiro atoms. The van der Waals surface area contributed by atoms with E-state index in [0.29, 0.717) is 24.7 Å². The van der Waals surface area contributed by atoms with E-state index in [1.165, 1.54) is 6.92 Å². The molecule has 2 aromatic carbocycles. The number of carbonyl (C=O) groups excluding carboxylic acids is 2. The molecule has 0 radical (unpaired) electrons. The van der Waals surface area contributed by atoms with Crippen LogP contribution in [0.3, 0.4) is 0 Å². The number of rotatable bonds is 8. The highest BCUT2D eigenvalue weighted by atomic mass is 16.5. The average molecular weight is 396 g/mol. The zero-order valence-corrected chi connectivity index (χ0v) is 17.5. The van der Waals surface area contributed by atoms with Crippen LogP contribution in [0.1, 0.15) is 49.4 Å². The number of anilines is 1. The number of unbranched alkanes of at least 4 members (excludes halogenated alkanes) is 1. The Morgan fingerprint density at radius 1 is 1.21 bits per heavy atom. The Morgan fingerprint density at radius 2 is 2.00 bits per heavy atom. The summed E-state index contributed by atoms with van der Waals surface area (Å²) in [7, 11) is 1.61. The summed E-state index contributed by atoms with van der Waals surface area (Å²) in [5.74, 6) is 0.985. The van der Waals surface area contributed by atoms with Gasteiger partial charge in [0.25, 0.3) is 5.91 Å². The van der Waals surface area contributed by atoms with Crippen molar-refractivity contribution in [2.45, 2.75) is 46.2 Å². The minimum absolute atomic E-state index is 0.133. The van der Waals surface area contributed by atoms with Gasteiger partial charge in [-0.05, 0) is 36.6 Å². The maximum Gasteiger partial charge on any atom is 0.254 e. The Bertz CT molecular complexity index is 910. The van der Waals surface area contributed by atoms with E-state index >= 15 is 0 Å². The van der Waals surface area contributed by atoms with Crippen molar-refractivity contribution < 1.29 is 19.1 Å². The lowest BCUT2D eigenvalue weighted by Gasteiger charge is -2.20. The molecule has 29 heavy (non-hydrogen) atoms. The largest absolute Gasteiger partial charge is 0.493 e. The maximum atomic E-state index is 13.1. The molecule has 2 amide bonds. The molecule has 1 aliphatic rings. The number of para-hydroxylation sites is 1. The molecule has 3 rings (SSSR count). The lowest BCUT2D eigenvalue weighted by molar-refractivity contribution is -0.126. The molecule has 1 aliphatic heterocycles. The second kappa shape index (κ2) is 8.99. The third kappa shape index (κ3) is 4.36. The van der Waals surface area contributed by atoms with Crippen molar-refractivity contribution in [3.8, 4) is 11.5 Å². The van der Waals surface area contributed by atoms with Crippen LogP contribution in [0.25, 0.3) is 0 Å². The summed E-state index contributed by atoms with van der Waals surface area (Å²) in [5, 5.41) is 2.78. The molecule has 1 N–H and O–H groups in total. The Morgan fingerprint density at radius 3 is 2.69 bits per heavy atom. The Labute approximate surface area is 171 Å². The zero-order chi connectivity index (χ0) is 21.0. The highest BCUT2D eigenvalue weighted by Gasteiger charge is 2.38. The van der Waals surface area contributed by atoms with E-state index in [1.54, 1.807) is 12.0 Å². The predicted octanol–water partition coefficient (Wildman–Crippen LogP) is 3.91. The van der Waals surface area contributed by atoms with Crippen molar-refractivity contribution in [2.24, 2.45) is 0 Å². The molecule has 0 unspecified atom stereocenters. The Kier molecular flexibility index (Phi) is 6.42. The van der Waals surface area contributed by atoms with Gasteiger partial charge >= 0.3 is 0 Å². The average Bonchev–Trinajstić information content (AvgIpc) is 2.95. The van der Waals surface area contributed by atoms with Crippen molar-refractivity contribution in [1.82, 2.24) is 5.32 Å². The summed E-state index contributed by atoms with van der Waals surface area (Å²) in [4.78, 5) is 26.5. The first-order chi connectivity index (χ1) is 14.0. The lowest BCUT2D eigenvalue weighted by Crippen LogP contribution is -2.36. The van der Waals surface area contributed by atoms with Gasteiger partial charge in [0.2, 0.25) is 5.91 Å². The first-order valence-electron chi connectivity index (χ1n) is 9.94. The smallest absolute Gasteiger partial charge is 0.254 e. The number of nitrogens with zero attached hydrogens (tertiary/aromatic N) is 1. The lowest BCUT2D eigenvalue weighted by atomic mass is 10.0. The Balaban J connectivity index is 1.88. The molecule has 0 saturated heterocycles. The van der Waals surface area contributed by atoms with Crippen LogP contribution in [0.4, 0.5) is 5.69 Å². The highest BCUT2D eigenvalue weighted by molar-refractivity contribution is 6.06. The summed E-state index contributed by atoms with van der Waals surface area (Å²) >= 11 is 0. The first kappa shape index (κ1) is 20.7. The van der Waals surface area contributed by atoms with Gasteiger partial charge < -0.3 is 19.7 Å². The fraction of sp³-hybridized carbons (Fsp3) is 0.391. The minimum atomic E-state index is -0.652. The first-order valence-corrected chi connectivity index (χ1v) is 9.94. The molecular weight excluding hydrogens is 368 g/mol. The zero-order valence-electron chi connectivity index (χ0n) is 17.5. The summed E-state index contributed by atoms with van der Waals surface area (Å²) in [6, 6.07) is 10.9. The number of hydrogen-bond donors (Lipinski definition) is 1. The fourth-order valence-electron chi connectivity index (χ4n) is 3.62. The fourth-order valence-corrected chi connectivity index (χ4v) is 3.62. The summed E-state index contributed by atoms with van der Waals surface area (Å²) < 4.78 is 11.3. The van der Waals surface area contributed by atoms with E-state index in [4.69, 9.17) is 9.47 Å². The van der Waals surface area contributed by atoms with Gasteiger partial charge in [-0.2, -0.15) is 0 Å². The highest BCUT2D eigenvalue weighted by Crippen LogP contribution is 2.40. The number of hydrogen-bond acceptors (Lipinski definition) is 4. The van der Waals surface area contributed by atoms with Gasteiger partial charge in [-0.25, -0.2) is 0 Å². The molecule has 1 heterocycles. The van der Waals surface area contributed by atoms with E-state index < -0.39 is 6.04 Å². The van der Waals surface area contributed by atoms with Gasteiger partial charge in [-0.3, -0.25) is 9.59 Å². The number of amides is 2. The molecule has 154 valence electrons. The van der Waals surface area contributed by atoms with E-state index in [1.807, 2.05) is 43.3 Å².